The Morgan fingerprint density at radius 3 is 2.96 bits per heavy atom. The van der Waals surface area contributed by atoms with Crippen LogP contribution >= 0.6 is 0 Å². The summed E-state index contributed by atoms with van der Waals surface area (Å²) in [5.74, 6) is -0.790. The number of primary amides is 1. The van der Waals surface area contributed by atoms with Crippen LogP contribution in [-0.2, 0) is 16.1 Å². The van der Waals surface area contributed by atoms with Gasteiger partial charge >= 0.3 is 0 Å². The fourth-order valence-electron chi connectivity index (χ4n) is 2.80. The predicted molar refractivity (Wildman–Crippen MR) is 105 cm³/mol. The molecule has 8 heteroatoms. The lowest BCUT2D eigenvalue weighted by Crippen LogP contribution is -2.21. The van der Waals surface area contributed by atoms with E-state index < -0.39 is 5.91 Å². The van der Waals surface area contributed by atoms with Crippen molar-refractivity contribution in [3.8, 4) is 17.2 Å². The topological polar surface area (TPSA) is 127 Å². The summed E-state index contributed by atoms with van der Waals surface area (Å²) in [5, 5.41) is 9.79. The van der Waals surface area contributed by atoms with Crippen molar-refractivity contribution in [1.29, 1.82) is 5.26 Å². The molecule has 3 heterocycles. The molecule has 0 aliphatic carbocycles. The number of ether oxygens (including phenoxy) is 1. The van der Waals surface area contributed by atoms with Crippen molar-refractivity contribution < 1.29 is 9.53 Å². The van der Waals surface area contributed by atoms with E-state index in [-0.39, 0.29) is 11.1 Å². The van der Waals surface area contributed by atoms with Crippen molar-refractivity contribution in [1.82, 2.24) is 14.5 Å². The minimum atomic E-state index is -0.790. The van der Waals surface area contributed by atoms with Gasteiger partial charge in [-0.2, -0.15) is 5.26 Å². The van der Waals surface area contributed by atoms with E-state index >= 15 is 0 Å². The molecule has 3 rings (SSSR count). The molecule has 0 aliphatic rings. The Kier molecular flexibility index (Phi) is 5.67. The first-order chi connectivity index (χ1) is 13.5. The highest BCUT2D eigenvalue weighted by Gasteiger charge is 2.10. The molecule has 0 spiro atoms. The van der Waals surface area contributed by atoms with Crippen molar-refractivity contribution in [2.45, 2.75) is 13.5 Å². The molecule has 8 nitrogen and oxygen atoms in total. The third-order valence-electron chi connectivity index (χ3n) is 4.25. The molecular weight excluding hydrogens is 358 g/mol. The average molecular weight is 377 g/mol. The highest BCUT2D eigenvalue weighted by molar-refractivity contribution is 6.03. The summed E-state index contributed by atoms with van der Waals surface area (Å²) in [4.78, 5) is 30.8. The van der Waals surface area contributed by atoms with E-state index in [9.17, 15) is 9.59 Å². The zero-order valence-corrected chi connectivity index (χ0v) is 15.3. The second-order valence-electron chi connectivity index (χ2n) is 6.04. The Hall–Kier alpha value is -3.70. The van der Waals surface area contributed by atoms with E-state index in [1.165, 1.54) is 12.1 Å². The summed E-state index contributed by atoms with van der Waals surface area (Å²) in [7, 11) is 0. The largest absolute Gasteiger partial charge is 0.380 e. The standard InChI is InChI=1S/C20H19N5O3/c1-2-28-6-5-25-12-13(3-4-18(25)26)15-8-17-16(7-14(9-21)19(22)27)11-24-20(17)23-10-15/h3-4,7-8,10-12H,2,5-6H2,1H3,(H2,22,27)(H,23,24)/b14-7+. The first kappa shape index (κ1) is 19.1. The normalized spacial score (nSPS) is 11.5. The number of aromatic nitrogens is 3. The number of hydrogen-bond donors (Lipinski definition) is 2. The van der Waals surface area contributed by atoms with Crippen LogP contribution < -0.4 is 11.3 Å². The second kappa shape index (κ2) is 8.33. The van der Waals surface area contributed by atoms with E-state index in [1.54, 1.807) is 35.3 Å². The van der Waals surface area contributed by atoms with Crippen LogP contribution in [0.3, 0.4) is 0 Å². The summed E-state index contributed by atoms with van der Waals surface area (Å²) in [6, 6.07) is 6.91. The lowest BCUT2D eigenvalue weighted by atomic mass is 10.1. The molecule has 142 valence electrons. The van der Waals surface area contributed by atoms with Crippen LogP contribution in [-0.4, -0.2) is 33.7 Å². The van der Waals surface area contributed by atoms with Crippen molar-refractivity contribution in [2.24, 2.45) is 5.73 Å². The fourth-order valence-corrected chi connectivity index (χ4v) is 2.80. The third-order valence-corrected chi connectivity index (χ3v) is 4.25. The lowest BCUT2D eigenvalue weighted by Gasteiger charge is -2.08. The molecule has 0 fully saturated rings. The number of H-pyrrole nitrogens is 1. The minimum absolute atomic E-state index is 0.108. The van der Waals surface area contributed by atoms with Crippen molar-refractivity contribution >= 4 is 23.0 Å². The van der Waals surface area contributed by atoms with Crippen LogP contribution in [0.2, 0.25) is 0 Å². The number of pyridine rings is 2. The Morgan fingerprint density at radius 1 is 1.43 bits per heavy atom. The average Bonchev–Trinajstić information content (AvgIpc) is 3.09. The SMILES string of the molecule is CCOCCn1cc(-c2cnc3[nH]cc(/C=C(\C#N)C(N)=O)c3c2)ccc1=O. The van der Waals surface area contributed by atoms with Gasteiger partial charge in [-0.3, -0.25) is 9.59 Å². The van der Waals surface area contributed by atoms with E-state index in [0.717, 1.165) is 16.5 Å². The van der Waals surface area contributed by atoms with Crippen LogP contribution in [0.4, 0.5) is 0 Å². The maximum atomic E-state index is 12.0. The molecule has 3 aromatic rings. The van der Waals surface area contributed by atoms with Crippen molar-refractivity contribution in [3.63, 3.8) is 0 Å². The smallest absolute Gasteiger partial charge is 0.259 e. The molecule has 0 saturated carbocycles. The van der Waals surface area contributed by atoms with Crippen LogP contribution in [0.15, 0.2) is 47.2 Å². The second-order valence-corrected chi connectivity index (χ2v) is 6.04. The number of carbonyl (C=O) groups excluding carboxylic acids is 1. The van der Waals surface area contributed by atoms with Crippen molar-refractivity contribution in [3.05, 3.63) is 58.3 Å². The number of nitriles is 1. The Labute approximate surface area is 160 Å². The third kappa shape index (κ3) is 4.00. The molecule has 3 aromatic heterocycles. The molecule has 0 atom stereocenters. The molecule has 28 heavy (non-hydrogen) atoms. The molecule has 0 saturated heterocycles. The summed E-state index contributed by atoms with van der Waals surface area (Å²) in [5.41, 5.74) is 7.81. The fraction of sp³-hybridized carbons (Fsp3) is 0.200. The first-order valence-corrected chi connectivity index (χ1v) is 8.70. The number of rotatable bonds is 7. The molecule has 0 aromatic carbocycles. The number of nitrogens with one attached hydrogen (secondary N) is 1. The van der Waals surface area contributed by atoms with Gasteiger partial charge in [0.15, 0.2) is 0 Å². The molecule has 0 aliphatic heterocycles. The molecule has 0 unspecified atom stereocenters. The highest BCUT2D eigenvalue weighted by Crippen LogP contribution is 2.25. The van der Waals surface area contributed by atoms with E-state index in [1.807, 2.05) is 13.0 Å². The summed E-state index contributed by atoms with van der Waals surface area (Å²) >= 11 is 0. The van der Waals surface area contributed by atoms with E-state index in [0.29, 0.717) is 31.0 Å². The van der Waals surface area contributed by atoms with Gasteiger partial charge in [0.05, 0.1) is 6.61 Å². The number of aromatic amines is 1. The van der Waals surface area contributed by atoms with Gasteiger partial charge in [0.25, 0.3) is 11.5 Å². The predicted octanol–water partition coefficient (Wildman–Crippen LogP) is 1.82. The van der Waals surface area contributed by atoms with Gasteiger partial charge in [0.2, 0.25) is 0 Å². The van der Waals surface area contributed by atoms with Gasteiger partial charge in [-0.15, -0.1) is 0 Å². The zero-order chi connectivity index (χ0) is 20.1. The lowest BCUT2D eigenvalue weighted by molar-refractivity contribution is -0.114. The van der Waals surface area contributed by atoms with Crippen molar-refractivity contribution in [2.75, 3.05) is 13.2 Å². The maximum Gasteiger partial charge on any atom is 0.259 e. The summed E-state index contributed by atoms with van der Waals surface area (Å²) in [6.45, 7) is 3.40. The van der Waals surface area contributed by atoms with Gasteiger partial charge in [0.1, 0.15) is 17.3 Å². The number of hydrogen-bond acceptors (Lipinski definition) is 5. The zero-order valence-electron chi connectivity index (χ0n) is 15.3. The van der Waals surface area contributed by atoms with Crippen LogP contribution in [0, 0.1) is 11.3 Å². The van der Waals surface area contributed by atoms with E-state index in [2.05, 4.69) is 9.97 Å². The maximum absolute atomic E-state index is 12.0. The minimum Gasteiger partial charge on any atom is -0.380 e. The van der Waals surface area contributed by atoms with Gasteiger partial charge < -0.3 is 20.0 Å². The van der Waals surface area contributed by atoms with Gasteiger partial charge in [-0.05, 0) is 30.7 Å². The Balaban J connectivity index is 2.02. The number of nitrogens with two attached hydrogens (primary N) is 1. The molecule has 1 amide bonds. The van der Waals surface area contributed by atoms with E-state index in [4.69, 9.17) is 15.7 Å². The molecule has 3 N–H and O–H groups in total. The van der Waals surface area contributed by atoms with Gasteiger partial charge in [-0.25, -0.2) is 4.98 Å². The van der Waals surface area contributed by atoms with Crippen LogP contribution in [0.1, 0.15) is 12.5 Å². The molecular formula is C20H19N5O3. The monoisotopic (exact) mass is 377 g/mol. The highest BCUT2D eigenvalue weighted by atomic mass is 16.5. The summed E-state index contributed by atoms with van der Waals surface area (Å²) < 4.78 is 6.91. The van der Waals surface area contributed by atoms with Crippen LogP contribution in [0.25, 0.3) is 28.2 Å². The summed E-state index contributed by atoms with van der Waals surface area (Å²) in [6.07, 6.45) is 6.54. The molecule has 0 bridgehead atoms. The van der Waals surface area contributed by atoms with Gasteiger partial charge in [-0.1, -0.05) is 0 Å². The molecule has 0 radical (unpaired) electrons. The Bertz CT molecular complexity index is 1150. The first-order valence-electron chi connectivity index (χ1n) is 8.70. The number of fused-ring (bicyclic) bond motifs is 1. The Morgan fingerprint density at radius 2 is 2.25 bits per heavy atom. The quantitative estimate of drug-likeness (QED) is 0.369. The number of carbonyl (C=O) groups is 1. The van der Waals surface area contributed by atoms with Crippen LogP contribution in [0.5, 0.6) is 0 Å². The van der Waals surface area contributed by atoms with Gasteiger partial charge in [0, 0.05) is 54.3 Å². The number of amides is 1. The number of nitrogens with zero attached hydrogens (tertiary/aromatic N) is 3.